The molecule has 1 aromatic heterocycles. The van der Waals surface area contributed by atoms with Crippen molar-refractivity contribution in [1.82, 2.24) is 20.2 Å². The molecule has 5 nitrogen and oxygen atoms in total. The van der Waals surface area contributed by atoms with Gasteiger partial charge in [0.1, 0.15) is 18.0 Å². The number of benzene rings is 2. The smallest absolute Gasteiger partial charge is 0.143 e. The Bertz CT molecular complexity index is 726. The fourth-order valence-electron chi connectivity index (χ4n) is 1.89. The molecule has 0 aliphatic rings. The van der Waals surface area contributed by atoms with Crippen molar-refractivity contribution < 1.29 is 8.78 Å². The molecule has 0 saturated heterocycles. The average molecular weight is 287 g/mol. The number of hydrogen-bond acceptors (Lipinski definition) is 4. The minimum atomic E-state index is -0.456. The number of nitrogens with one attached hydrogen (secondary N) is 1. The second-order valence-corrected chi connectivity index (χ2v) is 4.39. The zero-order valence-corrected chi connectivity index (χ0v) is 10.9. The topological polar surface area (TPSA) is 55.6 Å². The highest BCUT2D eigenvalue weighted by Gasteiger charge is 2.04. The van der Waals surface area contributed by atoms with Crippen LogP contribution in [0.25, 0.3) is 5.69 Å². The maximum atomic E-state index is 13.5. The minimum Gasteiger partial charge on any atom is -0.381 e. The van der Waals surface area contributed by atoms with Crippen LogP contribution in [0.15, 0.2) is 48.8 Å². The molecular formula is C14H11F2N5. The third-order valence-electron chi connectivity index (χ3n) is 2.97. The molecule has 7 heteroatoms. The summed E-state index contributed by atoms with van der Waals surface area (Å²) in [5.74, 6) is -0.892. The third-order valence-corrected chi connectivity index (χ3v) is 2.97. The number of anilines is 1. The molecule has 0 unspecified atom stereocenters. The second kappa shape index (κ2) is 5.66. The number of rotatable bonds is 4. The predicted molar refractivity (Wildman–Crippen MR) is 72.8 cm³/mol. The maximum Gasteiger partial charge on any atom is 0.143 e. The largest absolute Gasteiger partial charge is 0.381 e. The van der Waals surface area contributed by atoms with Gasteiger partial charge in [-0.2, -0.15) is 0 Å². The maximum absolute atomic E-state index is 13.5. The van der Waals surface area contributed by atoms with Crippen LogP contribution in [0.4, 0.5) is 14.5 Å². The van der Waals surface area contributed by atoms with Gasteiger partial charge in [0.25, 0.3) is 0 Å². The number of halogens is 2. The Morgan fingerprint density at radius 2 is 1.86 bits per heavy atom. The van der Waals surface area contributed by atoms with Gasteiger partial charge in [-0.3, -0.25) is 0 Å². The lowest BCUT2D eigenvalue weighted by atomic mass is 10.2. The molecule has 21 heavy (non-hydrogen) atoms. The highest BCUT2D eigenvalue weighted by molar-refractivity contribution is 5.48. The number of hydrogen-bond donors (Lipinski definition) is 1. The first-order valence-corrected chi connectivity index (χ1v) is 6.23. The quantitative estimate of drug-likeness (QED) is 0.801. The Morgan fingerprint density at radius 1 is 1.05 bits per heavy atom. The van der Waals surface area contributed by atoms with Gasteiger partial charge in [-0.1, -0.05) is 0 Å². The lowest BCUT2D eigenvalue weighted by Gasteiger charge is -2.08. The summed E-state index contributed by atoms with van der Waals surface area (Å²) in [7, 11) is 0. The molecule has 0 atom stereocenters. The summed E-state index contributed by atoms with van der Waals surface area (Å²) >= 11 is 0. The zero-order chi connectivity index (χ0) is 14.7. The van der Waals surface area contributed by atoms with Crippen molar-refractivity contribution in [3.8, 4) is 5.69 Å². The van der Waals surface area contributed by atoms with E-state index in [1.807, 2.05) is 24.3 Å². The van der Waals surface area contributed by atoms with Crippen molar-refractivity contribution in [1.29, 1.82) is 0 Å². The van der Waals surface area contributed by atoms with E-state index in [1.54, 1.807) is 0 Å². The number of aromatic nitrogens is 4. The molecule has 0 amide bonds. The first-order chi connectivity index (χ1) is 10.2. The zero-order valence-electron chi connectivity index (χ0n) is 10.9. The molecule has 0 aliphatic carbocycles. The van der Waals surface area contributed by atoms with Crippen LogP contribution in [0.1, 0.15) is 5.56 Å². The molecule has 106 valence electrons. The van der Waals surface area contributed by atoms with Crippen molar-refractivity contribution in [2.45, 2.75) is 6.54 Å². The molecule has 1 heterocycles. The lowest BCUT2D eigenvalue weighted by Crippen LogP contribution is -2.03. The summed E-state index contributed by atoms with van der Waals surface area (Å²) in [5, 5.41) is 13.9. The first-order valence-electron chi connectivity index (χ1n) is 6.23. The molecule has 3 rings (SSSR count). The van der Waals surface area contributed by atoms with Gasteiger partial charge in [-0.15, -0.1) is 5.10 Å². The summed E-state index contributed by atoms with van der Waals surface area (Å²) < 4.78 is 28.1. The SMILES string of the molecule is Fc1ccc(F)c(CNc2ccc(-n3cnnn3)cc2)c1. The van der Waals surface area contributed by atoms with Crippen LogP contribution >= 0.6 is 0 Å². The molecule has 3 aromatic rings. The van der Waals surface area contributed by atoms with E-state index < -0.39 is 11.6 Å². The van der Waals surface area contributed by atoms with E-state index in [1.165, 1.54) is 17.1 Å². The van der Waals surface area contributed by atoms with Crippen LogP contribution in [0.2, 0.25) is 0 Å². The van der Waals surface area contributed by atoms with Crippen LogP contribution in [-0.2, 0) is 6.54 Å². The molecule has 0 fully saturated rings. The van der Waals surface area contributed by atoms with E-state index in [0.717, 1.165) is 23.5 Å². The van der Waals surface area contributed by atoms with Gasteiger partial charge in [0.2, 0.25) is 0 Å². The Balaban J connectivity index is 1.70. The summed E-state index contributed by atoms with van der Waals surface area (Å²) in [6.07, 6.45) is 1.49. The van der Waals surface area contributed by atoms with Crippen molar-refractivity contribution in [3.05, 3.63) is 66.0 Å². The molecule has 0 radical (unpaired) electrons. The van der Waals surface area contributed by atoms with Crippen molar-refractivity contribution in [3.63, 3.8) is 0 Å². The Morgan fingerprint density at radius 3 is 2.57 bits per heavy atom. The van der Waals surface area contributed by atoms with E-state index in [9.17, 15) is 8.78 Å². The second-order valence-electron chi connectivity index (χ2n) is 4.39. The van der Waals surface area contributed by atoms with Gasteiger partial charge < -0.3 is 5.32 Å². The molecule has 2 aromatic carbocycles. The van der Waals surface area contributed by atoms with Gasteiger partial charge in [0.15, 0.2) is 0 Å². The van der Waals surface area contributed by atoms with Crippen LogP contribution in [-0.4, -0.2) is 20.2 Å². The first kappa shape index (κ1) is 13.2. The Kier molecular flexibility index (Phi) is 3.55. The van der Waals surface area contributed by atoms with Crippen LogP contribution in [0, 0.1) is 11.6 Å². The van der Waals surface area contributed by atoms with Crippen LogP contribution < -0.4 is 5.32 Å². The monoisotopic (exact) mass is 287 g/mol. The van der Waals surface area contributed by atoms with Crippen LogP contribution in [0.5, 0.6) is 0 Å². The Labute approximate surface area is 119 Å². The lowest BCUT2D eigenvalue weighted by molar-refractivity contribution is 0.587. The van der Waals surface area contributed by atoms with Crippen LogP contribution in [0.3, 0.4) is 0 Å². The van der Waals surface area contributed by atoms with E-state index in [4.69, 9.17) is 0 Å². The van der Waals surface area contributed by atoms with Crippen molar-refractivity contribution >= 4 is 5.69 Å². The van der Waals surface area contributed by atoms with E-state index in [2.05, 4.69) is 20.8 Å². The van der Waals surface area contributed by atoms with Gasteiger partial charge >= 0.3 is 0 Å². The van der Waals surface area contributed by atoms with E-state index >= 15 is 0 Å². The van der Waals surface area contributed by atoms with Gasteiger partial charge in [-0.25, -0.2) is 13.5 Å². The summed E-state index contributed by atoms with van der Waals surface area (Å²) in [4.78, 5) is 0. The average Bonchev–Trinajstić information content (AvgIpc) is 3.03. The highest BCUT2D eigenvalue weighted by Crippen LogP contribution is 2.15. The number of tetrazole rings is 1. The van der Waals surface area contributed by atoms with E-state index in [0.29, 0.717) is 0 Å². The summed E-state index contributed by atoms with van der Waals surface area (Å²) in [6, 6.07) is 10.7. The minimum absolute atomic E-state index is 0.202. The predicted octanol–water partition coefficient (Wildman–Crippen LogP) is 2.55. The highest BCUT2D eigenvalue weighted by atomic mass is 19.1. The normalized spacial score (nSPS) is 10.6. The van der Waals surface area contributed by atoms with Gasteiger partial charge in [0.05, 0.1) is 5.69 Å². The fourth-order valence-corrected chi connectivity index (χ4v) is 1.89. The molecule has 0 bridgehead atoms. The van der Waals surface area contributed by atoms with Gasteiger partial charge in [0, 0.05) is 17.8 Å². The molecular weight excluding hydrogens is 276 g/mol. The Hall–Kier alpha value is -2.83. The van der Waals surface area contributed by atoms with E-state index in [-0.39, 0.29) is 12.1 Å². The molecule has 0 spiro atoms. The molecule has 0 aliphatic heterocycles. The van der Waals surface area contributed by atoms with Crippen molar-refractivity contribution in [2.75, 3.05) is 5.32 Å². The summed E-state index contributed by atoms with van der Waals surface area (Å²) in [5.41, 5.74) is 1.87. The third kappa shape index (κ3) is 3.02. The van der Waals surface area contributed by atoms with Gasteiger partial charge in [-0.05, 0) is 52.9 Å². The van der Waals surface area contributed by atoms with Crippen molar-refractivity contribution in [2.24, 2.45) is 0 Å². The number of nitrogens with zero attached hydrogens (tertiary/aromatic N) is 4. The standard InChI is InChI=1S/C14H11F2N5/c15-11-1-6-14(16)10(7-11)8-17-12-2-4-13(5-3-12)21-9-18-19-20-21/h1-7,9,17H,8H2. The molecule has 1 N–H and O–H groups in total. The fraction of sp³-hybridized carbons (Fsp3) is 0.0714. The molecule has 0 saturated carbocycles. The summed E-state index contributed by atoms with van der Waals surface area (Å²) in [6.45, 7) is 0.202.